The van der Waals surface area contributed by atoms with Crippen LogP contribution in [0.5, 0.6) is 0 Å². The van der Waals surface area contributed by atoms with E-state index in [1.54, 1.807) is 7.11 Å². The van der Waals surface area contributed by atoms with E-state index in [9.17, 15) is 0 Å². The lowest BCUT2D eigenvalue weighted by Crippen LogP contribution is -2.13. The maximum absolute atomic E-state index is 5.86. The molecule has 1 aromatic heterocycles. The number of hydrogen-bond acceptors (Lipinski definition) is 5. The first-order valence-corrected chi connectivity index (χ1v) is 5.41. The highest BCUT2D eigenvalue weighted by Gasteiger charge is 2.03. The third-order valence-corrected chi connectivity index (χ3v) is 2.37. The molecule has 0 atom stereocenters. The van der Waals surface area contributed by atoms with Crippen LogP contribution in [0.1, 0.15) is 5.56 Å². The number of hydrogen-bond donors (Lipinski definition) is 1. The van der Waals surface area contributed by atoms with Crippen molar-refractivity contribution in [2.45, 2.75) is 6.92 Å². The number of nitrogens with one attached hydrogen (secondary N) is 1. The lowest BCUT2D eigenvalue weighted by molar-refractivity contribution is 0.0759. The standard InChI is InChI=1S/C10H16ClN3O2/c1-8-9(11)13-7-14-10(8)12-3-4-16-6-5-15-2/h7H,3-6H2,1-2H3,(H,12,13,14). The minimum absolute atomic E-state index is 0.470. The van der Waals surface area contributed by atoms with E-state index in [2.05, 4.69) is 15.3 Å². The van der Waals surface area contributed by atoms with Gasteiger partial charge < -0.3 is 14.8 Å². The Morgan fingerprint density at radius 1 is 1.31 bits per heavy atom. The summed E-state index contributed by atoms with van der Waals surface area (Å²) < 4.78 is 10.2. The Morgan fingerprint density at radius 2 is 2.12 bits per heavy atom. The molecule has 0 saturated carbocycles. The van der Waals surface area contributed by atoms with Crippen molar-refractivity contribution in [3.8, 4) is 0 Å². The molecule has 0 radical (unpaired) electrons. The van der Waals surface area contributed by atoms with Crippen LogP contribution in [0, 0.1) is 6.92 Å². The Hall–Kier alpha value is -0.910. The Labute approximate surface area is 100 Å². The molecule has 0 aromatic carbocycles. The predicted molar refractivity (Wildman–Crippen MR) is 63.0 cm³/mol. The molecule has 0 fully saturated rings. The first kappa shape index (κ1) is 13.2. The molecule has 0 aliphatic carbocycles. The number of anilines is 1. The minimum Gasteiger partial charge on any atom is -0.382 e. The zero-order chi connectivity index (χ0) is 11.8. The third kappa shape index (κ3) is 4.30. The average Bonchev–Trinajstić information content (AvgIpc) is 2.29. The second kappa shape index (κ2) is 7.38. The van der Waals surface area contributed by atoms with Crippen molar-refractivity contribution in [3.63, 3.8) is 0 Å². The first-order valence-electron chi connectivity index (χ1n) is 5.03. The molecule has 1 heterocycles. The van der Waals surface area contributed by atoms with Crippen LogP contribution in [0.2, 0.25) is 5.15 Å². The predicted octanol–water partition coefficient (Wildman–Crippen LogP) is 1.51. The Kier molecular flexibility index (Phi) is 6.07. The van der Waals surface area contributed by atoms with E-state index in [1.807, 2.05) is 6.92 Å². The van der Waals surface area contributed by atoms with Gasteiger partial charge in [-0.1, -0.05) is 11.6 Å². The molecule has 0 amide bonds. The van der Waals surface area contributed by atoms with Gasteiger partial charge in [0.2, 0.25) is 0 Å². The molecule has 1 N–H and O–H groups in total. The molecule has 1 aromatic rings. The maximum Gasteiger partial charge on any atom is 0.137 e. The van der Waals surface area contributed by atoms with Gasteiger partial charge in [-0.2, -0.15) is 0 Å². The van der Waals surface area contributed by atoms with Crippen LogP contribution >= 0.6 is 11.6 Å². The molecule has 0 saturated heterocycles. The molecule has 1 rings (SSSR count). The minimum atomic E-state index is 0.470. The van der Waals surface area contributed by atoms with Crippen molar-refractivity contribution in [1.29, 1.82) is 0 Å². The van der Waals surface area contributed by atoms with Crippen molar-refractivity contribution in [2.24, 2.45) is 0 Å². The van der Waals surface area contributed by atoms with Gasteiger partial charge in [0.05, 0.1) is 19.8 Å². The summed E-state index contributed by atoms with van der Waals surface area (Å²) in [5.74, 6) is 0.746. The van der Waals surface area contributed by atoms with Gasteiger partial charge >= 0.3 is 0 Å². The maximum atomic E-state index is 5.86. The van der Waals surface area contributed by atoms with E-state index in [4.69, 9.17) is 21.1 Å². The van der Waals surface area contributed by atoms with Crippen molar-refractivity contribution in [2.75, 3.05) is 38.8 Å². The van der Waals surface area contributed by atoms with Crippen LogP contribution in [0.25, 0.3) is 0 Å². The first-order chi connectivity index (χ1) is 7.75. The topological polar surface area (TPSA) is 56.3 Å². The van der Waals surface area contributed by atoms with Gasteiger partial charge in [-0.25, -0.2) is 9.97 Å². The summed E-state index contributed by atoms with van der Waals surface area (Å²) in [6.45, 7) is 4.36. The van der Waals surface area contributed by atoms with E-state index >= 15 is 0 Å². The summed E-state index contributed by atoms with van der Waals surface area (Å²) in [6, 6.07) is 0. The van der Waals surface area contributed by atoms with Gasteiger partial charge in [-0.3, -0.25) is 0 Å². The molecule has 0 aliphatic rings. The molecule has 0 unspecified atom stereocenters. The molecule has 0 aliphatic heterocycles. The number of nitrogens with zero attached hydrogens (tertiary/aromatic N) is 2. The third-order valence-electron chi connectivity index (χ3n) is 1.99. The fourth-order valence-corrected chi connectivity index (χ4v) is 1.23. The Morgan fingerprint density at radius 3 is 2.88 bits per heavy atom. The molecule has 0 bridgehead atoms. The van der Waals surface area contributed by atoms with Crippen LogP contribution < -0.4 is 5.32 Å². The monoisotopic (exact) mass is 245 g/mol. The second-order valence-electron chi connectivity index (χ2n) is 3.17. The average molecular weight is 246 g/mol. The van der Waals surface area contributed by atoms with Crippen molar-refractivity contribution >= 4 is 17.4 Å². The summed E-state index contributed by atoms with van der Waals surface area (Å²) in [5.41, 5.74) is 0.848. The van der Waals surface area contributed by atoms with Crippen molar-refractivity contribution < 1.29 is 9.47 Å². The summed E-state index contributed by atoms with van der Waals surface area (Å²) in [4.78, 5) is 7.96. The lowest BCUT2D eigenvalue weighted by atomic mass is 10.3. The lowest BCUT2D eigenvalue weighted by Gasteiger charge is -2.08. The Bertz CT molecular complexity index is 323. The van der Waals surface area contributed by atoms with Crippen LogP contribution in [0.15, 0.2) is 6.33 Å². The number of rotatable bonds is 7. The highest BCUT2D eigenvalue weighted by molar-refractivity contribution is 6.30. The van der Waals surface area contributed by atoms with Gasteiger partial charge in [-0.15, -0.1) is 0 Å². The second-order valence-corrected chi connectivity index (χ2v) is 3.53. The normalized spacial score (nSPS) is 10.4. The van der Waals surface area contributed by atoms with E-state index in [0.29, 0.717) is 31.5 Å². The van der Waals surface area contributed by atoms with Crippen LogP contribution in [-0.4, -0.2) is 43.4 Å². The number of aromatic nitrogens is 2. The van der Waals surface area contributed by atoms with Crippen molar-refractivity contribution in [1.82, 2.24) is 9.97 Å². The Balaban J connectivity index is 2.24. The highest BCUT2D eigenvalue weighted by atomic mass is 35.5. The molecule has 90 valence electrons. The number of methoxy groups -OCH3 is 1. The van der Waals surface area contributed by atoms with Crippen LogP contribution in [0.3, 0.4) is 0 Å². The molecular weight excluding hydrogens is 230 g/mol. The summed E-state index contributed by atoms with van der Waals surface area (Å²) >= 11 is 5.86. The highest BCUT2D eigenvalue weighted by Crippen LogP contribution is 2.17. The van der Waals surface area contributed by atoms with Crippen LogP contribution in [-0.2, 0) is 9.47 Å². The molecule has 0 spiro atoms. The van der Waals surface area contributed by atoms with E-state index in [1.165, 1.54) is 6.33 Å². The van der Waals surface area contributed by atoms with Crippen molar-refractivity contribution in [3.05, 3.63) is 17.0 Å². The van der Waals surface area contributed by atoms with Gasteiger partial charge in [0.15, 0.2) is 0 Å². The van der Waals surface area contributed by atoms with E-state index in [-0.39, 0.29) is 0 Å². The largest absolute Gasteiger partial charge is 0.382 e. The van der Waals surface area contributed by atoms with Gasteiger partial charge in [0.1, 0.15) is 17.3 Å². The fourth-order valence-electron chi connectivity index (χ4n) is 1.09. The SMILES string of the molecule is COCCOCCNc1ncnc(Cl)c1C. The quantitative estimate of drug-likeness (QED) is 0.583. The fraction of sp³-hybridized carbons (Fsp3) is 0.600. The smallest absolute Gasteiger partial charge is 0.137 e. The number of ether oxygens (including phenoxy) is 2. The number of halogens is 1. The van der Waals surface area contributed by atoms with Gasteiger partial charge in [-0.05, 0) is 6.92 Å². The van der Waals surface area contributed by atoms with E-state index < -0.39 is 0 Å². The zero-order valence-electron chi connectivity index (χ0n) is 9.49. The van der Waals surface area contributed by atoms with Crippen LogP contribution in [0.4, 0.5) is 5.82 Å². The summed E-state index contributed by atoms with van der Waals surface area (Å²) in [6.07, 6.45) is 1.43. The van der Waals surface area contributed by atoms with E-state index in [0.717, 1.165) is 11.4 Å². The van der Waals surface area contributed by atoms with Gasteiger partial charge in [0.25, 0.3) is 0 Å². The summed E-state index contributed by atoms with van der Waals surface area (Å²) in [7, 11) is 1.65. The zero-order valence-corrected chi connectivity index (χ0v) is 10.3. The molecular formula is C10H16ClN3O2. The molecule has 16 heavy (non-hydrogen) atoms. The summed E-state index contributed by atoms with van der Waals surface area (Å²) in [5, 5.41) is 3.60. The molecule has 5 nitrogen and oxygen atoms in total. The van der Waals surface area contributed by atoms with Gasteiger partial charge in [0, 0.05) is 19.2 Å². The molecule has 6 heteroatoms.